The van der Waals surface area contributed by atoms with Gasteiger partial charge in [-0.15, -0.1) is 11.3 Å². The second-order valence-corrected chi connectivity index (χ2v) is 9.49. The summed E-state index contributed by atoms with van der Waals surface area (Å²) in [6.07, 6.45) is 0.917. The molecule has 0 amide bonds. The van der Waals surface area contributed by atoms with Crippen LogP contribution in [0.3, 0.4) is 0 Å². The van der Waals surface area contributed by atoms with E-state index in [1.54, 1.807) is 11.4 Å². The lowest BCUT2D eigenvalue weighted by Gasteiger charge is -2.29. The molecule has 2 heterocycles. The van der Waals surface area contributed by atoms with Crippen LogP contribution in [-0.2, 0) is 16.6 Å². The number of nitrogens with one attached hydrogen (secondary N) is 1. The van der Waals surface area contributed by atoms with E-state index >= 15 is 0 Å². The number of allylic oxidation sites excluding steroid dienone is 1. The third kappa shape index (κ3) is 3.61. The number of carbonyl (C=O) groups excluding carboxylic acids is 1. The van der Waals surface area contributed by atoms with E-state index < -0.39 is 32.3 Å². The van der Waals surface area contributed by atoms with Crippen molar-refractivity contribution in [3.05, 3.63) is 92.7 Å². The standard InChI is InChI=1S/C21H16F2N2O3S2/c1-13-2-4-14(5-3-13)12-25-18-8-9-29-21(18)20(26)19(30(25,27)28)11-24-17-10-15(22)6-7-16(17)23/h2-11,24H,12H2,1H3. The van der Waals surface area contributed by atoms with Gasteiger partial charge >= 0.3 is 0 Å². The van der Waals surface area contributed by atoms with Gasteiger partial charge in [-0.3, -0.25) is 9.10 Å². The highest BCUT2D eigenvalue weighted by molar-refractivity contribution is 7.97. The van der Waals surface area contributed by atoms with E-state index in [2.05, 4.69) is 5.32 Å². The van der Waals surface area contributed by atoms with Crippen LogP contribution in [0.4, 0.5) is 20.2 Å². The van der Waals surface area contributed by atoms with E-state index in [-0.39, 0.29) is 17.1 Å². The SMILES string of the molecule is Cc1ccc(CN2c3ccsc3C(=O)C(=CNc3cc(F)ccc3F)S2(=O)=O)cc1. The number of thiophene rings is 1. The summed E-state index contributed by atoms with van der Waals surface area (Å²) >= 11 is 1.12. The number of fused-ring (bicyclic) bond motifs is 1. The first-order valence-electron chi connectivity index (χ1n) is 8.89. The Bertz CT molecular complexity index is 1270. The van der Waals surface area contributed by atoms with Crippen LogP contribution < -0.4 is 9.62 Å². The predicted molar refractivity (Wildman–Crippen MR) is 113 cm³/mol. The number of rotatable bonds is 4. The third-order valence-electron chi connectivity index (χ3n) is 4.65. The maximum atomic E-state index is 13.9. The monoisotopic (exact) mass is 446 g/mol. The van der Waals surface area contributed by atoms with E-state index in [1.807, 2.05) is 31.2 Å². The highest BCUT2D eigenvalue weighted by atomic mass is 32.2. The summed E-state index contributed by atoms with van der Waals surface area (Å²) in [7, 11) is -4.23. The minimum atomic E-state index is -4.23. The molecule has 0 saturated heterocycles. The minimum Gasteiger partial charge on any atom is -0.358 e. The number of hydrogen-bond acceptors (Lipinski definition) is 5. The van der Waals surface area contributed by atoms with E-state index in [1.165, 1.54) is 0 Å². The molecule has 1 aromatic heterocycles. The molecular weight excluding hydrogens is 430 g/mol. The molecule has 0 bridgehead atoms. The molecule has 0 spiro atoms. The largest absolute Gasteiger partial charge is 0.358 e. The van der Waals surface area contributed by atoms with Gasteiger partial charge in [0, 0.05) is 12.3 Å². The lowest BCUT2D eigenvalue weighted by Crippen LogP contribution is -2.38. The highest BCUT2D eigenvalue weighted by Gasteiger charge is 2.41. The van der Waals surface area contributed by atoms with Crippen molar-refractivity contribution in [2.24, 2.45) is 0 Å². The van der Waals surface area contributed by atoms with Gasteiger partial charge in [-0.2, -0.15) is 0 Å². The maximum Gasteiger partial charge on any atom is 0.270 e. The molecular formula is C21H16F2N2O3S2. The molecule has 0 unspecified atom stereocenters. The molecule has 154 valence electrons. The van der Waals surface area contributed by atoms with Crippen LogP contribution in [0.2, 0.25) is 0 Å². The van der Waals surface area contributed by atoms with E-state index in [0.29, 0.717) is 5.69 Å². The number of anilines is 2. The van der Waals surface area contributed by atoms with E-state index in [0.717, 1.165) is 51.2 Å². The second kappa shape index (κ2) is 7.66. The number of ketones is 1. The predicted octanol–water partition coefficient (Wildman–Crippen LogP) is 4.82. The number of sulfonamides is 1. The second-order valence-electron chi connectivity index (χ2n) is 6.74. The fourth-order valence-corrected chi connectivity index (χ4v) is 5.55. The number of Topliss-reactive ketones (excluding diaryl/α,β-unsaturated/α-hetero) is 1. The molecule has 1 aliphatic heterocycles. The zero-order valence-corrected chi connectivity index (χ0v) is 17.4. The molecule has 4 rings (SSSR count). The average Bonchev–Trinajstić information content (AvgIpc) is 3.18. The van der Waals surface area contributed by atoms with Crippen LogP contribution in [0.1, 0.15) is 20.8 Å². The van der Waals surface area contributed by atoms with E-state index in [4.69, 9.17) is 0 Å². The van der Waals surface area contributed by atoms with Crippen molar-refractivity contribution < 1.29 is 22.0 Å². The van der Waals surface area contributed by atoms with Gasteiger partial charge in [-0.1, -0.05) is 29.8 Å². The summed E-state index contributed by atoms with van der Waals surface area (Å²) in [6, 6.07) is 11.7. The van der Waals surface area contributed by atoms with Crippen molar-refractivity contribution in [1.82, 2.24) is 0 Å². The third-order valence-corrected chi connectivity index (χ3v) is 7.31. The van der Waals surface area contributed by atoms with Gasteiger partial charge < -0.3 is 5.32 Å². The quantitative estimate of drug-likeness (QED) is 0.584. The van der Waals surface area contributed by atoms with Crippen molar-refractivity contribution in [3.63, 3.8) is 0 Å². The number of hydrogen-bond donors (Lipinski definition) is 1. The Balaban J connectivity index is 1.75. The smallest absolute Gasteiger partial charge is 0.270 e. The first-order chi connectivity index (χ1) is 14.3. The molecule has 0 aliphatic carbocycles. The first kappa shape index (κ1) is 20.2. The Hall–Kier alpha value is -3.04. The molecule has 1 aliphatic rings. The van der Waals surface area contributed by atoms with Crippen LogP contribution in [0.5, 0.6) is 0 Å². The topological polar surface area (TPSA) is 66.5 Å². The van der Waals surface area contributed by atoms with Crippen molar-refractivity contribution in [1.29, 1.82) is 0 Å². The Kier molecular flexibility index (Phi) is 5.17. The van der Waals surface area contributed by atoms with Gasteiger partial charge in [-0.25, -0.2) is 17.2 Å². The number of aryl methyl sites for hydroxylation is 1. The van der Waals surface area contributed by atoms with Crippen molar-refractivity contribution in [2.45, 2.75) is 13.5 Å². The lowest BCUT2D eigenvalue weighted by atomic mass is 10.1. The Morgan fingerprint density at radius 1 is 1.10 bits per heavy atom. The molecule has 30 heavy (non-hydrogen) atoms. The molecule has 0 radical (unpaired) electrons. The van der Waals surface area contributed by atoms with Crippen LogP contribution in [-0.4, -0.2) is 14.2 Å². The van der Waals surface area contributed by atoms with Gasteiger partial charge in [0.25, 0.3) is 10.0 Å². The van der Waals surface area contributed by atoms with Gasteiger partial charge in [0.05, 0.1) is 17.9 Å². The summed E-state index contributed by atoms with van der Waals surface area (Å²) in [5.41, 5.74) is 1.82. The zero-order valence-electron chi connectivity index (χ0n) is 15.7. The van der Waals surface area contributed by atoms with Gasteiger partial charge in [0.2, 0.25) is 5.78 Å². The van der Waals surface area contributed by atoms with Crippen molar-refractivity contribution >= 4 is 38.5 Å². The Morgan fingerprint density at radius 3 is 2.57 bits per heavy atom. The summed E-state index contributed by atoms with van der Waals surface area (Å²) < 4.78 is 55.0. The Morgan fingerprint density at radius 2 is 1.83 bits per heavy atom. The first-order valence-corrected chi connectivity index (χ1v) is 11.2. The van der Waals surface area contributed by atoms with Gasteiger partial charge in [0.15, 0.2) is 4.91 Å². The van der Waals surface area contributed by atoms with Crippen LogP contribution in [0.15, 0.2) is 65.0 Å². The van der Waals surface area contributed by atoms with Crippen molar-refractivity contribution in [2.75, 3.05) is 9.62 Å². The molecule has 1 N–H and O–H groups in total. The molecule has 9 heteroatoms. The summed E-state index contributed by atoms with van der Waals surface area (Å²) in [4.78, 5) is 12.6. The number of carbonyl (C=O) groups is 1. The van der Waals surface area contributed by atoms with Gasteiger partial charge in [0.1, 0.15) is 16.5 Å². The minimum absolute atomic E-state index is 0.0330. The average molecular weight is 447 g/mol. The summed E-state index contributed by atoms with van der Waals surface area (Å²) in [5.74, 6) is -2.16. The fourth-order valence-electron chi connectivity index (χ4n) is 3.07. The number of benzene rings is 2. The van der Waals surface area contributed by atoms with Gasteiger partial charge in [-0.05, 0) is 36.1 Å². The number of nitrogens with zero attached hydrogens (tertiary/aromatic N) is 1. The molecule has 5 nitrogen and oxygen atoms in total. The van der Waals surface area contributed by atoms with Crippen LogP contribution in [0.25, 0.3) is 0 Å². The molecule has 0 atom stereocenters. The summed E-state index contributed by atoms with van der Waals surface area (Å²) in [6.45, 7) is 1.96. The highest BCUT2D eigenvalue weighted by Crippen LogP contribution is 2.39. The van der Waals surface area contributed by atoms with Crippen molar-refractivity contribution in [3.8, 4) is 0 Å². The molecule has 0 fully saturated rings. The number of halogens is 2. The normalized spacial score (nSPS) is 16.6. The fraction of sp³-hybridized carbons (Fsp3) is 0.0952. The molecule has 0 saturated carbocycles. The Labute approximate surface area is 176 Å². The maximum absolute atomic E-state index is 13.9. The summed E-state index contributed by atoms with van der Waals surface area (Å²) in [5, 5.41) is 4.07. The van der Waals surface area contributed by atoms with E-state index in [9.17, 15) is 22.0 Å². The van der Waals surface area contributed by atoms with Crippen LogP contribution >= 0.6 is 11.3 Å². The molecule has 2 aromatic carbocycles. The zero-order chi connectivity index (χ0) is 21.5. The molecule has 3 aromatic rings. The lowest BCUT2D eigenvalue weighted by molar-refractivity contribution is 0.104. The van der Waals surface area contributed by atoms with Crippen LogP contribution in [0, 0.1) is 18.6 Å².